The Kier molecular flexibility index (Phi) is 5.02. The molecule has 112 valence electrons. The molecule has 1 aliphatic carbocycles. The third kappa shape index (κ3) is 3.72. The number of methoxy groups -OCH3 is 2. The average Bonchev–Trinajstić information content (AvgIpc) is 2.85. The molecule has 0 aliphatic heterocycles. The number of nitrogens with one attached hydrogen (secondary N) is 1. The zero-order chi connectivity index (χ0) is 14.6. The predicted octanol–water partition coefficient (Wildman–Crippen LogP) is 2.06. The van der Waals surface area contributed by atoms with Crippen LogP contribution in [0.2, 0.25) is 0 Å². The lowest BCUT2D eigenvalue weighted by Crippen LogP contribution is -2.39. The molecule has 2 rings (SSSR count). The van der Waals surface area contributed by atoms with Gasteiger partial charge in [-0.1, -0.05) is 6.07 Å². The molecule has 0 amide bonds. The topological polar surface area (TPSA) is 50.7 Å². The molecule has 0 fully saturated rings. The van der Waals surface area contributed by atoms with Crippen molar-refractivity contribution in [2.75, 3.05) is 27.4 Å². The second-order valence-electron chi connectivity index (χ2n) is 5.78. The van der Waals surface area contributed by atoms with Crippen molar-refractivity contribution in [3.8, 4) is 5.75 Å². The third-order valence-corrected chi connectivity index (χ3v) is 4.00. The number of ether oxygens (including phenoxy) is 2. The SMILES string of the molecule is COCCC(C)(O)CNC1CCc2ccc(OC)cc21. The lowest BCUT2D eigenvalue weighted by atomic mass is 10.0. The summed E-state index contributed by atoms with van der Waals surface area (Å²) in [5, 5.41) is 13.8. The standard InChI is InChI=1S/C16H25NO3/c1-16(18,8-9-19-2)11-17-15-7-5-12-4-6-13(20-3)10-14(12)15/h4,6,10,15,17-18H,5,7-9,11H2,1-3H3. The van der Waals surface area contributed by atoms with Gasteiger partial charge in [-0.05, 0) is 43.0 Å². The number of fused-ring (bicyclic) bond motifs is 1. The second-order valence-corrected chi connectivity index (χ2v) is 5.78. The first-order valence-electron chi connectivity index (χ1n) is 7.17. The predicted molar refractivity (Wildman–Crippen MR) is 79.2 cm³/mol. The van der Waals surface area contributed by atoms with Crippen LogP contribution >= 0.6 is 0 Å². The Morgan fingerprint density at radius 2 is 2.20 bits per heavy atom. The van der Waals surface area contributed by atoms with E-state index in [0.717, 1.165) is 18.6 Å². The van der Waals surface area contributed by atoms with Crippen molar-refractivity contribution in [2.24, 2.45) is 0 Å². The smallest absolute Gasteiger partial charge is 0.119 e. The lowest BCUT2D eigenvalue weighted by Gasteiger charge is -2.26. The summed E-state index contributed by atoms with van der Waals surface area (Å²) >= 11 is 0. The van der Waals surface area contributed by atoms with E-state index >= 15 is 0 Å². The number of rotatable bonds is 7. The van der Waals surface area contributed by atoms with Crippen molar-refractivity contribution in [3.63, 3.8) is 0 Å². The van der Waals surface area contributed by atoms with Crippen LogP contribution in [0.1, 0.15) is 36.9 Å². The van der Waals surface area contributed by atoms with Gasteiger partial charge in [0.05, 0.1) is 12.7 Å². The Morgan fingerprint density at radius 1 is 1.40 bits per heavy atom. The van der Waals surface area contributed by atoms with Crippen LogP contribution in [0.15, 0.2) is 18.2 Å². The maximum absolute atomic E-state index is 10.3. The molecule has 2 N–H and O–H groups in total. The Hall–Kier alpha value is -1.10. The van der Waals surface area contributed by atoms with E-state index in [9.17, 15) is 5.11 Å². The summed E-state index contributed by atoms with van der Waals surface area (Å²) in [4.78, 5) is 0. The molecule has 0 radical (unpaired) electrons. The van der Waals surface area contributed by atoms with Crippen LogP contribution in [0.25, 0.3) is 0 Å². The molecule has 2 unspecified atom stereocenters. The molecule has 4 nitrogen and oxygen atoms in total. The van der Waals surface area contributed by atoms with Gasteiger partial charge in [-0.15, -0.1) is 0 Å². The minimum absolute atomic E-state index is 0.300. The van der Waals surface area contributed by atoms with Gasteiger partial charge >= 0.3 is 0 Å². The molecule has 0 saturated carbocycles. The average molecular weight is 279 g/mol. The fourth-order valence-electron chi connectivity index (χ4n) is 2.67. The fraction of sp³-hybridized carbons (Fsp3) is 0.625. The van der Waals surface area contributed by atoms with Crippen LogP contribution in [0.5, 0.6) is 5.75 Å². The van der Waals surface area contributed by atoms with E-state index in [0.29, 0.717) is 25.6 Å². The van der Waals surface area contributed by atoms with Crippen LogP contribution in [-0.4, -0.2) is 38.1 Å². The molecule has 1 aromatic rings. The normalized spacial score (nSPS) is 20.5. The molecule has 2 atom stereocenters. The highest BCUT2D eigenvalue weighted by Crippen LogP contribution is 2.33. The minimum atomic E-state index is -0.738. The van der Waals surface area contributed by atoms with E-state index in [1.54, 1.807) is 14.2 Å². The molecule has 0 aromatic heterocycles. The summed E-state index contributed by atoms with van der Waals surface area (Å²) in [7, 11) is 3.34. The largest absolute Gasteiger partial charge is 0.497 e. The van der Waals surface area contributed by atoms with E-state index in [2.05, 4.69) is 17.4 Å². The zero-order valence-corrected chi connectivity index (χ0v) is 12.6. The number of hydrogen-bond acceptors (Lipinski definition) is 4. The van der Waals surface area contributed by atoms with Gasteiger partial charge in [0.1, 0.15) is 5.75 Å². The van der Waals surface area contributed by atoms with E-state index in [-0.39, 0.29) is 0 Å². The molecule has 4 heteroatoms. The van der Waals surface area contributed by atoms with Crippen LogP contribution in [0.3, 0.4) is 0 Å². The number of aliphatic hydroxyl groups is 1. The molecule has 1 aliphatic rings. The summed E-state index contributed by atoms with van der Waals surface area (Å²) < 4.78 is 10.3. The first kappa shape index (κ1) is 15.3. The Labute approximate surface area is 121 Å². The molecular weight excluding hydrogens is 254 g/mol. The molecular formula is C16H25NO3. The van der Waals surface area contributed by atoms with Gasteiger partial charge < -0.3 is 19.9 Å². The van der Waals surface area contributed by atoms with Crippen molar-refractivity contribution in [1.82, 2.24) is 5.32 Å². The summed E-state index contributed by atoms with van der Waals surface area (Å²) in [5.41, 5.74) is 1.93. The summed E-state index contributed by atoms with van der Waals surface area (Å²) in [6, 6.07) is 6.55. The van der Waals surface area contributed by atoms with Crippen molar-refractivity contribution < 1.29 is 14.6 Å². The highest BCUT2D eigenvalue weighted by molar-refractivity contribution is 5.40. The summed E-state index contributed by atoms with van der Waals surface area (Å²) in [5.74, 6) is 0.892. The maximum Gasteiger partial charge on any atom is 0.119 e. The van der Waals surface area contributed by atoms with E-state index < -0.39 is 5.60 Å². The fourth-order valence-corrected chi connectivity index (χ4v) is 2.67. The van der Waals surface area contributed by atoms with Crippen LogP contribution in [0.4, 0.5) is 0 Å². The molecule has 0 bridgehead atoms. The summed E-state index contributed by atoms with van der Waals surface area (Å²) in [6.45, 7) is 2.99. The Balaban J connectivity index is 1.96. The monoisotopic (exact) mass is 279 g/mol. The first-order chi connectivity index (χ1) is 9.55. The van der Waals surface area contributed by atoms with Gasteiger partial charge in [0.25, 0.3) is 0 Å². The van der Waals surface area contributed by atoms with Crippen molar-refractivity contribution in [1.29, 1.82) is 0 Å². The van der Waals surface area contributed by atoms with E-state index in [1.807, 2.05) is 13.0 Å². The van der Waals surface area contributed by atoms with Gasteiger partial charge in [0.2, 0.25) is 0 Å². The van der Waals surface area contributed by atoms with Crippen LogP contribution < -0.4 is 10.1 Å². The number of aryl methyl sites for hydroxylation is 1. The van der Waals surface area contributed by atoms with Gasteiger partial charge in [0.15, 0.2) is 0 Å². The van der Waals surface area contributed by atoms with Crippen molar-refractivity contribution in [2.45, 2.75) is 37.8 Å². The quantitative estimate of drug-likeness (QED) is 0.802. The molecule has 0 saturated heterocycles. The first-order valence-corrected chi connectivity index (χ1v) is 7.17. The van der Waals surface area contributed by atoms with Crippen molar-refractivity contribution in [3.05, 3.63) is 29.3 Å². The van der Waals surface area contributed by atoms with Crippen molar-refractivity contribution >= 4 is 0 Å². The highest BCUT2D eigenvalue weighted by Gasteiger charge is 2.26. The van der Waals surface area contributed by atoms with Gasteiger partial charge in [-0.2, -0.15) is 0 Å². The van der Waals surface area contributed by atoms with Crippen LogP contribution in [0, 0.1) is 0 Å². The number of benzene rings is 1. The Bertz CT molecular complexity index is 445. The number of hydrogen-bond donors (Lipinski definition) is 2. The Morgan fingerprint density at radius 3 is 2.90 bits per heavy atom. The summed E-state index contributed by atoms with van der Waals surface area (Å²) in [6.07, 6.45) is 2.79. The molecule has 1 aromatic carbocycles. The molecule has 0 spiro atoms. The second kappa shape index (κ2) is 6.57. The van der Waals surface area contributed by atoms with Gasteiger partial charge in [-0.3, -0.25) is 0 Å². The van der Waals surface area contributed by atoms with E-state index in [1.165, 1.54) is 11.1 Å². The van der Waals surface area contributed by atoms with Gasteiger partial charge in [0, 0.05) is 32.7 Å². The zero-order valence-electron chi connectivity index (χ0n) is 12.6. The van der Waals surface area contributed by atoms with E-state index in [4.69, 9.17) is 9.47 Å². The highest BCUT2D eigenvalue weighted by atomic mass is 16.5. The third-order valence-electron chi connectivity index (χ3n) is 4.00. The lowest BCUT2D eigenvalue weighted by molar-refractivity contribution is 0.0227. The molecule has 0 heterocycles. The molecule has 20 heavy (non-hydrogen) atoms. The van der Waals surface area contributed by atoms with Crippen LogP contribution in [-0.2, 0) is 11.2 Å². The maximum atomic E-state index is 10.3. The minimum Gasteiger partial charge on any atom is -0.497 e. The van der Waals surface area contributed by atoms with Gasteiger partial charge in [-0.25, -0.2) is 0 Å².